The van der Waals surface area contributed by atoms with Gasteiger partial charge in [-0.05, 0) is 56.2 Å². The highest BCUT2D eigenvalue weighted by atomic mass is 19.1. The molecular formula is C21H24FN3O2. The number of benzene rings is 2. The molecule has 0 bridgehead atoms. The maximum atomic E-state index is 13.0. The maximum Gasteiger partial charge on any atom is 0.251 e. The number of piperidine rings is 1. The zero-order chi connectivity index (χ0) is 19.2. The van der Waals surface area contributed by atoms with E-state index in [0.29, 0.717) is 11.3 Å². The number of carbonyl (C=O) groups is 2. The second kappa shape index (κ2) is 8.77. The van der Waals surface area contributed by atoms with Crippen LogP contribution >= 0.6 is 0 Å². The number of halogens is 1. The van der Waals surface area contributed by atoms with Crippen molar-refractivity contribution < 1.29 is 14.0 Å². The molecule has 1 aliphatic rings. The molecule has 1 saturated heterocycles. The number of nitrogens with one attached hydrogen (secondary N) is 2. The largest absolute Gasteiger partial charge is 0.349 e. The van der Waals surface area contributed by atoms with Gasteiger partial charge in [0, 0.05) is 30.4 Å². The van der Waals surface area contributed by atoms with Crippen LogP contribution in [0.25, 0.3) is 0 Å². The Balaban J connectivity index is 1.47. The minimum Gasteiger partial charge on any atom is -0.349 e. The van der Waals surface area contributed by atoms with E-state index in [1.807, 2.05) is 25.1 Å². The molecule has 1 aliphatic heterocycles. The molecule has 1 atom stereocenters. The molecule has 2 N–H and O–H groups in total. The lowest BCUT2D eigenvalue weighted by Crippen LogP contribution is -2.50. The van der Waals surface area contributed by atoms with E-state index in [-0.39, 0.29) is 29.7 Å². The van der Waals surface area contributed by atoms with E-state index < -0.39 is 0 Å². The molecular weight excluding hydrogens is 345 g/mol. The second-order valence-corrected chi connectivity index (χ2v) is 6.82. The quantitative estimate of drug-likeness (QED) is 0.852. The molecule has 0 radical (unpaired) electrons. The number of hydrogen-bond donors (Lipinski definition) is 2. The van der Waals surface area contributed by atoms with Gasteiger partial charge in [-0.15, -0.1) is 0 Å². The Morgan fingerprint density at radius 3 is 2.30 bits per heavy atom. The van der Waals surface area contributed by atoms with E-state index in [9.17, 15) is 14.0 Å². The summed E-state index contributed by atoms with van der Waals surface area (Å²) >= 11 is 0. The fourth-order valence-electron chi connectivity index (χ4n) is 3.24. The van der Waals surface area contributed by atoms with Gasteiger partial charge in [-0.1, -0.05) is 18.2 Å². The number of hydrogen-bond acceptors (Lipinski definition) is 3. The molecule has 2 aromatic carbocycles. The van der Waals surface area contributed by atoms with E-state index in [2.05, 4.69) is 15.5 Å². The third kappa shape index (κ3) is 5.14. The lowest BCUT2D eigenvalue weighted by atomic mass is 10.0. The van der Waals surface area contributed by atoms with E-state index in [0.717, 1.165) is 25.9 Å². The van der Waals surface area contributed by atoms with E-state index in [1.165, 1.54) is 12.1 Å². The number of carbonyl (C=O) groups excluding carboxylic acids is 2. The Morgan fingerprint density at radius 2 is 1.67 bits per heavy atom. The Morgan fingerprint density at radius 1 is 1.04 bits per heavy atom. The Bertz CT molecular complexity index is 772. The molecule has 3 rings (SSSR count). The van der Waals surface area contributed by atoms with Crippen LogP contribution in [0, 0.1) is 5.82 Å². The molecule has 142 valence electrons. The van der Waals surface area contributed by atoms with Crippen molar-refractivity contribution >= 4 is 17.5 Å². The summed E-state index contributed by atoms with van der Waals surface area (Å²) in [6.45, 7) is 3.33. The van der Waals surface area contributed by atoms with Crippen molar-refractivity contribution in [3.05, 3.63) is 66.0 Å². The molecule has 27 heavy (non-hydrogen) atoms. The highest BCUT2D eigenvalue weighted by Crippen LogP contribution is 2.16. The topological polar surface area (TPSA) is 61.4 Å². The van der Waals surface area contributed by atoms with Gasteiger partial charge < -0.3 is 10.6 Å². The fraction of sp³-hybridized carbons (Fsp3) is 0.333. The van der Waals surface area contributed by atoms with Gasteiger partial charge in [0.1, 0.15) is 5.82 Å². The van der Waals surface area contributed by atoms with Crippen LogP contribution in [0.3, 0.4) is 0 Å². The van der Waals surface area contributed by atoms with Crippen LogP contribution in [0.5, 0.6) is 0 Å². The van der Waals surface area contributed by atoms with Crippen LogP contribution in [-0.2, 0) is 4.79 Å². The zero-order valence-electron chi connectivity index (χ0n) is 15.3. The van der Waals surface area contributed by atoms with Crippen molar-refractivity contribution in [2.75, 3.05) is 18.4 Å². The van der Waals surface area contributed by atoms with Crippen LogP contribution < -0.4 is 10.6 Å². The molecule has 1 unspecified atom stereocenters. The summed E-state index contributed by atoms with van der Waals surface area (Å²) in [4.78, 5) is 26.8. The first-order chi connectivity index (χ1) is 13.0. The monoisotopic (exact) mass is 369 g/mol. The minimum absolute atomic E-state index is 0.0591. The van der Waals surface area contributed by atoms with Gasteiger partial charge in [0.05, 0.1) is 6.04 Å². The highest BCUT2D eigenvalue weighted by Gasteiger charge is 2.27. The lowest BCUT2D eigenvalue weighted by Gasteiger charge is -2.35. The van der Waals surface area contributed by atoms with Crippen LogP contribution in [0.4, 0.5) is 10.1 Å². The molecule has 1 fully saturated rings. The first-order valence-corrected chi connectivity index (χ1v) is 9.19. The van der Waals surface area contributed by atoms with Crippen molar-refractivity contribution in [2.45, 2.75) is 31.8 Å². The first-order valence-electron chi connectivity index (χ1n) is 9.19. The molecule has 0 aromatic heterocycles. The molecule has 1 heterocycles. The summed E-state index contributed by atoms with van der Waals surface area (Å²) in [7, 11) is 0. The van der Waals surface area contributed by atoms with Gasteiger partial charge in [0.2, 0.25) is 5.91 Å². The number of nitrogens with zero attached hydrogens (tertiary/aromatic N) is 1. The second-order valence-electron chi connectivity index (χ2n) is 6.82. The molecule has 2 aromatic rings. The third-order valence-electron chi connectivity index (χ3n) is 4.94. The van der Waals surface area contributed by atoms with Crippen molar-refractivity contribution in [3.8, 4) is 0 Å². The van der Waals surface area contributed by atoms with E-state index in [4.69, 9.17) is 0 Å². The van der Waals surface area contributed by atoms with Gasteiger partial charge in [0.15, 0.2) is 0 Å². The molecule has 5 nitrogen and oxygen atoms in total. The van der Waals surface area contributed by atoms with Gasteiger partial charge in [0.25, 0.3) is 5.91 Å². The van der Waals surface area contributed by atoms with Crippen LogP contribution in [0.2, 0.25) is 0 Å². The number of rotatable bonds is 5. The molecule has 0 spiro atoms. The van der Waals surface area contributed by atoms with Crippen molar-refractivity contribution in [2.24, 2.45) is 0 Å². The molecule has 6 heteroatoms. The van der Waals surface area contributed by atoms with Crippen molar-refractivity contribution in [1.29, 1.82) is 0 Å². The van der Waals surface area contributed by atoms with Gasteiger partial charge >= 0.3 is 0 Å². The normalized spacial score (nSPS) is 16.5. The number of amides is 2. The van der Waals surface area contributed by atoms with Crippen LogP contribution in [-0.4, -0.2) is 41.9 Å². The van der Waals surface area contributed by atoms with E-state index in [1.54, 1.807) is 24.3 Å². The van der Waals surface area contributed by atoms with Gasteiger partial charge in [-0.2, -0.15) is 0 Å². The first kappa shape index (κ1) is 19.0. The summed E-state index contributed by atoms with van der Waals surface area (Å²) in [6.07, 6.45) is 1.60. The fourth-order valence-corrected chi connectivity index (χ4v) is 3.24. The average molecular weight is 369 g/mol. The Kier molecular flexibility index (Phi) is 6.19. The summed E-state index contributed by atoms with van der Waals surface area (Å²) in [5.41, 5.74) is 1.24. The minimum atomic E-state index is -0.333. The molecule has 0 saturated carbocycles. The third-order valence-corrected chi connectivity index (χ3v) is 4.94. The zero-order valence-corrected chi connectivity index (χ0v) is 15.3. The Labute approximate surface area is 158 Å². The number of likely N-dealkylation sites (tertiary alicyclic amines) is 1. The smallest absolute Gasteiger partial charge is 0.251 e. The van der Waals surface area contributed by atoms with Crippen molar-refractivity contribution in [3.63, 3.8) is 0 Å². The van der Waals surface area contributed by atoms with Crippen LogP contribution in [0.15, 0.2) is 54.6 Å². The molecule has 2 amide bonds. The Hall–Kier alpha value is -2.73. The van der Waals surface area contributed by atoms with Gasteiger partial charge in [-0.25, -0.2) is 4.39 Å². The summed E-state index contributed by atoms with van der Waals surface area (Å²) in [6, 6.07) is 14.7. The lowest BCUT2D eigenvalue weighted by molar-refractivity contribution is -0.121. The van der Waals surface area contributed by atoms with Crippen molar-refractivity contribution in [1.82, 2.24) is 10.2 Å². The summed E-state index contributed by atoms with van der Waals surface area (Å²) < 4.78 is 13.0. The standard InChI is InChI=1S/C21H24FN3O2/c1-15(20(26)23-18-9-7-17(22)8-10-18)25-13-11-19(12-14-25)24-21(27)16-5-3-2-4-6-16/h2-10,15,19H,11-14H2,1H3,(H,23,26)(H,24,27). The van der Waals surface area contributed by atoms with Crippen LogP contribution in [0.1, 0.15) is 30.1 Å². The summed E-state index contributed by atoms with van der Waals surface area (Å²) in [5, 5.41) is 5.88. The van der Waals surface area contributed by atoms with Gasteiger partial charge in [-0.3, -0.25) is 14.5 Å². The number of anilines is 1. The van der Waals surface area contributed by atoms with E-state index >= 15 is 0 Å². The predicted octanol–water partition coefficient (Wildman–Crippen LogP) is 3.05. The molecule has 0 aliphatic carbocycles. The summed E-state index contributed by atoms with van der Waals surface area (Å²) in [5.74, 6) is -0.509. The SMILES string of the molecule is CC(C(=O)Nc1ccc(F)cc1)N1CCC(NC(=O)c2ccccc2)CC1. The predicted molar refractivity (Wildman–Crippen MR) is 103 cm³/mol. The average Bonchev–Trinajstić information content (AvgIpc) is 2.70. The maximum absolute atomic E-state index is 13.0. The highest BCUT2D eigenvalue weighted by molar-refractivity contribution is 5.95.